The first-order chi connectivity index (χ1) is 17.6. The largest absolute Gasteiger partial charge is 0.349 e. The number of rotatable bonds is 8. The van der Waals surface area contributed by atoms with Gasteiger partial charge in [0.1, 0.15) is 0 Å². The minimum Gasteiger partial charge on any atom is -0.349 e. The Bertz CT molecular complexity index is 773. The molecule has 1 aromatic carbocycles. The third-order valence-electron chi connectivity index (χ3n) is 9.24. The van der Waals surface area contributed by atoms with E-state index < -0.39 is 0 Å². The van der Waals surface area contributed by atoms with Crippen LogP contribution in [0.15, 0.2) is 24.3 Å². The van der Waals surface area contributed by atoms with Gasteiger partial charge >= 0.3 is 0 Å². The minimum absolute atomic E-state index is 0.0224. The third kappa shape index (κ3) is 7.10. The summed E-state index contributed by atoms with van der Waals surface area (Å²) >= 11 is 0. The Morgan fingerprint density at radius 1 is 0.583 bits per heavy atom. The van der Waals surface area contributed by atoms with Gasteiger partial charge in [-0.15, -0.1) is 0 Å². The van der Waals surface area contributed by atoms with E-state index in [1.807, 2.05) is 0 Å². The molecule has 0 spiro atoms. The number of carbonyl (C=O) groups is 2. The minimum atomic E-state index is -0.0224. The molecule has 2 aliphatic carbocycles. The number of likely N-dealkylation sites (tertiary alicyclic amines) is 2. The summed E-state index contributed by atoms with van der Waals surface area (Å²) in [4.78, 5) is 30.8. The van der Waals surface area contributed by atoms with Gasteiger partial charge < -0.3 is 20.4 Å². The quantitative estimate of drug-likeness (QED) is 0.560. The van der Waals surface area contributed by atoms with Crippen molar-refractivity contribution in [2.75, 3.05) is 39.3 Å². The Labute approximate surface area is 217 Å². The number of carbonyl (C=O) groups excluding carboxylic acids is 2. The van der Waals surface area contributed by atoms with Crippen LogP contribution >= 0.6 is 0 Å². The summed E-state index contributed by atoms with van der Waals surface area (Å²) in [6, 6.07) is 7.68. The van der Waals surface area contributed by atoms with Crippen LogP contribution in [0, 0.1) is 11.8 Å². The van der Waals surface area contributed by atoms with Crippen LogP contribution in [-0.2, 0) is 0 Å². The van der Waals surface area contributed by atoms with Crippen LogP contribution < -0.4 is 10.6 Å². The zero-order valence-electron chi connectivity index (χ0n) is 22.1. The van der Waals surface area contributed by atoms with Crippen LogP contribution in [0.4, 0.5) is 0 Å². The first kappa shape index (κ1) is 25.7. The van der Waals surface area contributed by atoms with Gasteiger partial charge in [-0.1, -0.05) is 25.7 Å². The molecule has 0 bridgehead atoms. The molecule has 2 heterocycles. The highest BCUT2D eigenvalue weighted by Gasteiger charge is 2.26. The van der Waals surface area contributed by atoms with Crippen LogP contribution in [0.1, 0.15) is 97.8 Å². The molecule has 198 valence electrons. The molecule has 2 amide bonds. The van der Waals surface area contributed by atoms with Crippen molar-refractivity contribution in [2.24, 2.45) is 11.8 Å². The van der Waals surface area contributed by atoms with Crippen molar-refractivity contribution in [3.8, 4) is 0 Å². The smallest absolute Gasteiger partial charge is 0.251 e. The molecule has 1 aromatic rings. The molecule has 0 unspecified atom stereocenters. The van der Waals surface area contributed by atoms with Gasteiger partial charge in [-0.25, -0.2) is 0 Å². The van der Waals surface area contributed by atoms with E-state index in [4.69, 9.17) is 0 Å². The van der Waals surface area contributed by atoms with E-state index in [1.54, 1.807) is 24.3 Å². The van der Waals surface area contributed by atoms with E-state index in [0.29, 0.717) is 11.1 Å². The van der Waals surface area contributed by atoms with Crippen molar-refractivity contribution in [1.29, 1.82) is 0 Å². The van der Waals surface area contributed by atoms with E-state index >= 15 is 0 Å². The molecule has 2 aliphatic heterocycles. The van der Waals surface area contributed by atoms with Crippen molar-refractivity contribution >= 4 is 11.8 Å². The van der Waals surface area contributed by atoms with Crippen LogP contribution in [0.25, 0.3) is 0 Å². The van der Waals surface area contributed by atoms with Gasteiger partial charge in [0.15, 0.2) is 0 Å². The molecule has 36 heavy (non-hydrogen) atoms. The van der Waals surface area contributed by atoms with E-state index in [0.717, 1.165) is 63.7 Å². The first-order valence-electron chi connectivity index (χ1n) is 14.8. The predicted octanol–water partition coefficient (Wildman–Crippen LogP) is 4.46. The van der Waals surface area contributed by atoms with Crippen molar-refractivity contribution in [3.05, 3.63) is 35.4 Å². The Balaban J connectivity index is 1.01. The normalized spacial score (nSPS) is 23.8. The Morgan fingerprint density at radius 2 is 0.917 bits per heavy atom. The lowest BCUT2D eigenvalue weighted by atomic mass is 10.0. The summed E-state index contributed by atoms with van der Waals surface area (Å²) < 4.78 is 0. The lowest BCUT2D eigenvalue weighted by Crippen LogP contribution is -2.46. The fourth-order valence-corrected chi connectivity index (χ4v) is 6.95. The molecular weight excluding hydrogens is 448 g/mol. The van der Waals surface area contributed by atoms with E-state index in [9.17, 15) is 9.59 Å². The lowest BCUT2D eigenvalue weighted by Gasteiger charge is -2.34. The number of hydrogen-bond acceptors (Lipinski definition) is 4. The molecule has 0 atom stereocenters. The number of amides is 2. The summed E-state index contributed by atoms with van der Waals surface area (Å²) in [7, 11) is 0. The van der Waals surface area contributed by atoms with Gasteiger partial charge in [0.05, 0.1) is 0 Å². The highest BCUT2D eigenvalue weighted by atomic mass is 16.2. The fourth-order valence-electron chi connectivity index (χ4n) is 6.95. The molecule has 4 aliphatic rings. The molecule has 6 heteroatoms. The van der Waals surface area contributed by atoms with E-state index in [-0.39, 0.29) is 23.9 Å². The third-order valence-corrected chi connectivity index (χ3v) is 9.24. The lowest BCUT2D eigenvalue weighted by molar-refractivity contribution is 0.0893. The summed E-state index contributed by atoms with van der Waals surface area (Å²) in [6.45, 7) is 6.81. The number of nitrogens with zero attached hydrogens (tertiary/aromatic N) is 2. The molecular formula is C30H46N4O2. The Hall–Kier alpha value is -1.92. The highest BCUT2D eigenvalue weighted by Crippen LogP contribution is 2.27. The van der Waals surface area contributed by atoms with Crippen molar-refractivity contribution in [2.45, 2.75) is 89.1 Å². The summed E-state index contributed by atoms with van der Waals surface area (Å²) in [5.41, 5.74) is 1.28. The SMILES string of the molecule is O=C(NC1CCN(CC2CCCC2)CC1)c1ccc(C(=O)NC2CCN(CC3CCCC3)CC2)cc1. The van der Waals surface area contributed by atoms with Crippen molar-refractivity contribution in [1.82, 2.24) is 20.4 Å². The molecule has 4 fully saturated rings. The van der Waals surface area contributed by atoms with E-state index in [2.05, 4.69) is 20.4 Å². The standard InChI is InChI=1S/C30H46N4O2/c35-29(31-27-13-17-33(18-14-27)21-23-5-1-2-6-23)25-9-11-26(12-10-25)30(36)32-28-15-19-34(20-16-28)22-24-7-3-4-8-24/h9-12,23-24,27-28H,1-8,13-22H2,(H,31,35)(H,32,36). The van der Waals surface area contributed by atoms with Gasteiger partial charge in [0.25, 0.3) is 11.8 Å². The topological polar surface area (TPSA) is 64.7 Å². The Kier molecular flexibility index (Phi) is 8.97. The molecule has 0 aromatic heterocycles. The molecule has 2 N–H and O–H groups in total. The average Bonchev–Trinajstić information content (AvgIpc) is 3.61. The molecule has 2 saturated carbocycles. The van der Waals surface area contributed by atoms with Gasteiger partial charge in [-0.2, -0.15) is 0 Å². The van der Waals surface area contributed by atoms with Gasteiger partial charge in [0.2, 0.25) is 0 Å². The maximum Gasteiger partial charge on any atom is 0.251 e. The number of piperidine rings is 2. The number of benzene rings is 1. The number of hydrogen-bond donors (Lipinski definition) is 2. The van der Waals surface area contributed by atoms with Crippen LogP contribution in [0.3, 0.4) is 0 Å². The fraction of sp³-hybridized carbons (Fsp3) is 0.733. The predicted molar refractivity (Wildman–Crippen MR) is 144 cm³/mol. The summed E-state index contributed by atoms with van der Waals surface area (Å²) in [6.07, 6.45) is 15.3. The zero-order chi connectivity index (χ0) is 24.7. The first-order valence-corrected chi connectivity index (χ1v) is 14.8. The van der Waals surface area contributed by atoms with Gasteiger partial charge in [-0.05, 0) is 87.5 Å². The monoisotopic (exact) mass is 494 g/mol. The Morgan fingerprint density at radius 3 is 1.25 bits per heavy atom. The maximum absolute atomic E-state index is 12.8. The van der Waals surface area contributed by atoms with Crippen LogP contribution in [0.2, 0.25) is 0 Å². The average molecular weight is 495 g/mol. The van der Waals surface area contributed by atoms with Gasteiger partial charge in [-0.3, -0.25) is 9.59 Å². The molecule has 5 rings (SSSR count). The van der Waals surface area contributed by atoms with Crippen LogP contribution in [-0.4, -0.2) is 73.0 Å². The second-order valence-corrected chi connectivity index (χ2v) is 12.0. The summed E-state index contributed by atoms with van der Waals surface area (Å²) in [5.74, 6) is 1.74. The zero-order valence-corrected chi connectivity index (χ0v) is 22.1. The van der Waals surface area contributed by atoms with Crippen molar-refractivity contribution < 1.29 is 9.59 Å². The second-order valence-electron chi connectivity index (χ2n) is 12.0. The number of nitrogens with one attached hydrogen (secondary N) is 2. The maximum atomic E-state index is 12.8. The molecule has 2 saturated heterocycles. The van der Waals surface area contributed by atoms with Crippen LogP contribution in [0.5, 0.6) is 0 Å². The summed E-state index contributed by atoms with van der Waals surface area (Å²) in [5, 5.41) is 6.45. The second kappa shape index (κ2) is 12.6. The molecule has 0 radical (unpaired) electrons. The van der Waals surface area contributed by atoms with Gasteiger partial charge in [0, 0.05) is 62.5 Å². The van der Waals surface area contributed by atoms with Crippen molar-refractivity contribution in [3.63, 3.8) is 0 Å². The highest BCUT2D eigenvalue weighted by molar-refractivity contribution is 5.98. The molecule has 6 nitrogen and oxygen atoms in total. The van der Waals surface area contributed by atoms with E-state index in [1.165, 1.54) is 64.5 Å².